The number of aliphatic hydroxyl groups is 1. The molecule has 0 bridgehead atoms. The average molecular weight is 372 g/mol. The maximum Gasteiger partial charge on any atom is 0.313 e. The Morgan fingerprint density at radius 1 is 1.26 bits per heavy atom. The van der Waals surface area contributed by atoms with Crippen molar-refractivity contribution >= 4 is 17.4 Å². The van der Waals surface area contributed by atoms with Gasteiger partial charge in [0, 0.05) is 25.2 Å². The molecule has 2 atom stereocenters. The van der Waals surface area contributed by atoms with Gasteiger partial charge < -0.3 is 20.7 Å². The van der Waals surface area contributed by atoms with Gasteiger partial charge in [0.1, 0.15) is 11.9 Å². The number of nitrogens with zero attached hydrogens (tertiary/aromatic N) is 1. The minimum absolute atomic E-state index is 0.0486. The van der Waals surface area contributed by atoms with Crippen molar-refractivity contribution in [1.29, 1.82) is 0 Å². The molecular weight excluding hydrogens is 352 g/mol. The van der Waals surface area contributed by atoms with Gasteiger partial charge in [-0.15, -0.1) is 0 Å². The lowest BCUT2D eigenvalue weighted by molar-refractivity contribution is -0.364. The molecule has 142 valence electrons. The number of carbonyl (C=O) groups excluding carboxylic acids is 2. The zero-order chi connectivity index (χ0) is 19.8. The molecule has 8 nitrogen and oxygen atoms in total. The van der Waals surface area contributed by atoms with Gasteiger partial charge in [0.2, 0.25) is 11.6 Å². The third-order valence-corrected chi connectivity index (χ3v) is 4.34. The summed E-state index contributed by atoms with van der Waals surface area (Å²) in [5.41, 5.74) is 7.73. The number of hydrogen-bond acceptors (Lipinski definition) is 7. The monoisotopic (exact) mass is 372 g/mol. The molecule has 0 radical (unpaired) electrons. The van der Waals surface area contributed by atoms with Crippen LogP contribution < -0.4 is 5.73 Å². The summed E-state index contributed by atoms with van der Waals surface area (Å²) in [6, 6.07) is 10.9. The molecule has 0 spiro atoms. The van der Waals surface area contributed by atoms with Gasteiger partial charge in [-0.25, -0.2) is 9.90 Å². The maximum atomic E-state index is 12.0. The first-order chi connectivity index (χ1) is 12.7. The van der Waals surface area contributed by atoms with Gasteiger partial charge in [0.25, 0.3) is 0 Å². The Hall–Kier alpha value is -2.94. The molecule has 0 saturated heterocycles. The summed E-state index contributed by atoms with van der Waals surface area (Å²) in [4.78, 5) is 28.9. The van der Waals surface area contributed by atoms with Crippen LogP contribution in [0, 0.1) is 0 Å². The second-order valence-corrected chi connectivity index (χ2v) is 6.35. The number of aromatic hydroxyl groups is 1. The van der Waals surface area contributed by atoms with E-state index < -0.39 is 23.6 Å². The lowest BCUT2D eigenvalue weighted by atomic mass is 9.88. The number of phenols is 1. The van der Waals surface area contributed by atoms with E-state index in [4.69, 9.17) is 15.3 Å². The van der Waals surface area contributed by atoms with E-state index in [9.17, 15) is 19.8 Å². The molecule has 27 heavy (non-hydrogen) atoms. The Labute approximate surface area is 155 Å². The van der Waals surface area contributed by atoms with E-state index in [0.717, 1.165) is 6.92 Å². The highest BCUT2D eigenvalue weighted by atomic mass is 16.8. The van der Waals surface area contributed by atoms with Crippen LogP contribution in [0.15, 0.2) is 42.5 Å². The van der Waals surface area contributed by atoms with Crippen molar-refractivity contribution < 1.29 is 29.4 Å². The molecule has 3 rings (SSSR count). The Morgan fingerprint density at radius 2 is 1.93 bits per heavy atom. The van der Waals surface area contributed by atoms with Crippen LogP contribution in [0.4, 0.5) is 5.69 Å². The second-order valence-electron chi connectivity index (χ2n) is 6.35. The summed E-state index contributed by atoms with van der Waals surface area (Å²) in [5.74, 6) is -3.75. The highest BCUT2D eigenvalue weighted by Gasteiger charge is 2.49. The third-order valence-electron chi connectivity index (χ3n) is 4.34. The number of rotatable bonds is 4. The number of hydroxylamine groups is 2. The number of Topliss-reactive ketones (excluding diaryl/α,β-unsaturated/α-hetero) is 1. The van der Waals surface area contributed by atoms with Crippen molar-refractivity contribution in [2.75, 3.05) is 12.8 Å². The van der Waals surface area contributed by atoms with E-state index >= 15 is 0 Å². The van der Waals surface area contributed by atoms with Crippen molar-refractivity contribution in [1.82, 2.24) is 5.06 Å². The van der Waals surface area contributed by atoms with Crippen LogP contribution in [0.5, 0.6) is 5.75 Å². The highest BCUT2D eigenvalue weighted by molar-refractivity contribution is 6.34. The summed E-state index contributed by atoms with van der Waals surface area (Å²) in [6.07, 6.45) is -1.03. The number of nitrogens with two attached hydrogens (primary N) is 1. The molecule has 0 aromatic heterocycles. The number of ether oxygens (including phenoxy) is 1. The number of carbonyl (C=O) groups is 2. The number of likely N-dealkylation sites (N-methyl/N-ethyl adjacent to an activating group) is 1. The molecule has 8 heteroatoms. The molecular formula is C19H20N2O6. The van der Waals surface area contributed by atoms with Crippen LogP contribution in [-0.2, 0) is 31.6 Å². The minimum atomic E-state index is -2.13. The van der Waals surface area contributed by atoms with Crippen molar-refractivity contribution in [3.8, 4) is 5.75 Å². The Balaban J connectivity index is 2.09. The van der Waals surface area contributed by atoms with Crippen molar-refractivity contribution in [3.05, 3.63) is 59.2 Å². The molecule has 1 heterocycles. The standard InChI is InChI=1S/C19H20N2O6/c1-11(22)18(24)21(2)27-19(25)16-9-14(20)6-3-13(16)10-26-17(19)12-4-7-15(23)8-5-12/h3-9,17,23,25H,10,20H2,1-2H3. The van der Waals surface area contributed by atoms with Crippen molar-refractivity contribution in [3.63, 3.8) is 0 Å². The quantitative estimate of drug-likeness (QED) is 0.321. The second kappa shape index (κ2) is 6.99. The van der Waals surface area contributed by atoms with Crippen LogP contribution in [-0.4, -0.2) is 34.0 Å². The first-order valence-corrected chi connectivity index (χ1v) is 8.22. The predicted molar refractivity (Wildman–Crippen MR) is 94.9 cm³/mol. The van der Waals surface area contributed by atoms with Crippen LogP contribution in [0.3, 0.4) is 0 Å². The number of hydrogen-bond donors (Lipinski definition) is 3. The number of ketones is 1. The highest BCUT2D eigenvalue weighted by Crippen LogP contribution is 2.46. The van der Waals surface area contributed by atoms with E-state index in [2.05, 4.69) is 0 Å². The third kappa shape index (κ3) is 3.50. The molecule has 2 unspecified atom stereocenters. The molecule has 0 aliphatic carbocycles. The fourth-order valence-electron chi connectivity index (χ4n) is 3.02. The zero-order valence-electron chi connectivity index (χ0n) is 14.9. The fraction of sp³-hybridized carbons (Fsp3) is 0.263. The first-order valence-electron chi connectivity index (χ1n) is 8.22. The summed E-state index contributed by atoms with van der Waals surface area (Å²) in [6.45, 7) is 1.28. The number of anilines is 1. The van der Waals surface area contributed by atoms with Gasteiger partial charge in [-0.3, -0.25) is 9.59 Å². The van der Waals surface area contributed by atoms with Gasteiger partial charge in [0.15, 0.2) is 0 Å². The first kappa shape index (κ1) is 18.8. The topological polar surface area (TPSA) is 122 Å². The van der Waals surface area contributed by atoms with Crippen LogP contribution in [0.1, 0.15) is 29.7 Å². The van der Waals surface area contributed by atoms with Crippen LogP contribution in [0.2, 0.25) is 0 Å². The SMILES string of the molecule is CC(=O)C(=O)N(C)OC1(O)c2cc(N)ccc2COC1c1ccc(O)cc1. The van der Waals surface area contributed by atoms with Crippen LogP contribution >= 0.6 is 0 Å². The number of benzene rings is 2. The lowest BCUT2D eigenvalue weighted by Crippen LogP contribution is -2.48. The van der Waals surface area contributed by atoms with Gasteiger partial charge in [-0.05, 0) is 35.4 Å². The predicted octanol–water partition coefficient (Wildman–Crippen LogP) is 1.37. The van der Waals surface area contributed by atoms with Gasteiger partial charge >= 0.3 is 5.91 Å². The van der Waals surface area contributed by atoms with Crippen LogP contribution in [0.25, 0.3) is 0 Å². The van der Waals surface area contributed by atoms with Crippen molar-refractivity contribution in [2.24, 2.45) is 0 Å². The average Bonchev–Trinajstić information content (AvgIpc) is 2.62. The molecule has 2 aromatic rings. The Bertz CT molecular complexity index is 882. The molecule has 0 saturated carbocycles. The molecule has 1 aliphatic heterocycles. The number of phenolic OH excluding ortho intramolecular Hbond substituents is 1. The van der Waals surface area contributed by atoms with E-state index in [-0.39, 0.29) is 12.4 Å². The van der Waals surface area contributed by atoms with Gasteiger partial charge in [-0.2, -0.15) is 0 Å². The molecule has 1 aliphatic rings. The van der Waals surface area contributed by atoms with E-state index in [1.807, 2.05) is 0 Å². The summed E-state index contributed by atoms with van der Waals surface area (Å²) in [5, 5.41) is 21.7. The van der Waals surface area contributed by atoms with E-state index in [1.165, 1.54) is 25.2 Å². The largest absolute Gasteiger partial charge is 0.508 e. The number of amides is 1. The zero-order valence-corrected chi connectivity index (χ0v) is 14.9. The van der Waals surface area contributed by atoms with Gasteiger partial charge in [-0.1, -0.05) is 18.2 Å². The lowest BCUT2D eigenvalue weighted by Gasteiger charge is -2.42. The molecule has 0 fully saturated rings. The van der Waals surface area contributed by atoms with E-state index in [1.54, 1.807) is 24.3 Å². The molecule has 2 aromatic carbocycles. The molecule has 1 amide bonds. The Morgan fingerprint density at radius 3 is 2.56 bits per heavy atom. The summed E-state index contributed by atoms with van der Waals surface area (Å²) in [7, 11) is 1.23. The van der Waals surface area contributed by atoms with E-state index in [0.29, 0.717) is 27.4 Å². The Kier molecular flexibility index (Phi) is 4.88. The minimum Gasteiger partial charge on any atom is -0.508 e. The van der Waals surface area contributed by atoms with Gasteiger partial charge in [0.05, 0.1) is 6.61 Å². The smallest absolute Gasteiger partial charge is 0.313 e. The fourth-order valence-corrected chi connectivity index (χ4v) is 3.02. The summed E-state index contributed by atoms with van der Waals surface area (Å²) < 4.78 is 5.81. The maximum absolute atomic E-state index is 12.0. The van der Waals surface area contributed by atoms with Crippen molar-refractivity contribution in [2.45, 2.75) is 25.4 Å². The number of nitrogen functional groups attached to an aromatic ring is 1. The molecule has 4 N–H and O–H groups in total. The number of fused-ring (bicyclic) bond motifs is 1. The summed E-state index contributed by atoms with van der Waals surface area (Å²) >= 11 is 0. The normalized spacial score (nSPS) is 21.4.